The lowest BCUT2D eigenvalue weighted by molar-refractivity contribution is 0.0839. The summed E-state index contributed by atoms with van der Waals surface area (Å²) in [6.07, 6.45) is 0.821. The normalized spacial score (nSPS) is 24.7. The summed E-state index contributed by atoms with van der Waals surface area (Å²) in [5.41, 5.74) is 0.904. The van der Waals surface area contributed by atoms with Crippen molar-refractivity contribution in [2.24, 2.45) is 5.41 Å². The van der Waals surface area contributed by atoms with Crippen LogP contribution in [0.2, 0.25) is 0 Å². The molecule has 0 spiro atoms. The van der Waals surface area contributed by atoms with E-state index in [0.29, 0.717) is 12.1 Å². The maximum atomic E-state index is 13.2. The number of carbonyl (C=O) groups is 1. The molecular weight excluding hydrogens is 205 g/mol. The van der Waals surface area contributed by atoms with E-state index in [-0.39, 0.29) is 17.0 Å². The second-order valence-corrected chi connectivity index (χ2v) is 4.83. The Hall–Kier alpha value is -1.22. The van der Waals surface area contributed by atoms with Gasteiger partial charge in [0.25, 0.3) is 0 Å². The van der Waals surface area contributed by atoms with Gasteiger partial charge in [0.05, 0.1) is 0 Å². The van der Waals surface area contributed by atoms with E-state index < -0.39 is 0 Å². The first-order chi connectivity index (χ1) is 7.51. The maximum Gasteiger partial charge on any atom is 0.170 e. The van der Waals surface area contributed by atoms with Crippen LogP contribution in [0.15, 0.2) is 18.2 Å². The second kappa shape index (κ2) is 3.98. The highest BCUT2D eigenvalue weighted by Crippen LogP contribution is 2.29. The predicted octanol–water partition coefficient (Wildman–Crippen LogP) is 2.32. The maximum absolute atomic E-state index is 13.2. The highest BCUT2D eigenvalue weighted by atomic mass is 19.1. The molecule has 1 aromatic carbocycles. The molecule has 1 heterocycles. The molecule has 1 aliphatic heterocycles. The van der Waals surface area contributed by atoms with Gasteiger partial charge in [-0.1, -0.05) is 6.92 Å². The van der Waals surface area contributed by atoms with Crippen LogP contribution >= 0.6 is 0 Å². The largest absolute Gasteiger partial charge is 0.316 e. The van der Waals surface area contributed by atoms with Gasteiger partial charge in [0, 0.05) is 17.5 Å². The summed E-state index contributed by atoms with van der Waals surface area (Å²) in [6.45, 7) is 5.28. The van der Waals surface area contributed by atoms with Crippen LogP contribution in [0.25, 0.3) is 0 Å². The van der Waals surface area contributed by atoms with Crippen molar-refractivity contribution >= 4 is 5.78 Å². The number of aryl methyl sites for hydroxylation is 1. The zero-order valence-electron chi connectivity index (χ0n) is 9.64. The first kappa shape index (κ1) is 11.3. The predicted molar refractivity (Wildman–Crippen MR) is 61.1 cm³/mol. The summed E-state index contributed by atoms with van der Waals surface area (Å²) in [4.78, 5) is 12.3. The van der Waals surface area contributed by atoms with E-state index in [1.165, 1.54) is 12.1 Å². The van der Waals surface area contributed by atoms with Crippen molar-refractivity contribution in [3.05, 3.63) is 35.1 Å². The molecule has 0 bridgehead atoms. The Bertz CT molecular complexity index is 402. The Morgan fingerprint density at radius 3 is 2.75 bits per heavy atom. The van der Waals surface area contributed by atoms with Gasteiger partial charge in [-0.3, -0.25) is 4.79 Å². The van der Waals surface area contributed by atoms with E-state index in [9.17, 15) is 9.18 Å². The molecule has 1 aliphatic rings. The fourth-order valence-corrected chi connectivity index (χ4v) is 2.23. The van der Waals surface area contributed by atoms with Gasteiger partial charge < -0.3 is 5.32 Å². The van der Waals surface area contributed by atoms with E-state index >= 15 is 0 Å². The number of ketones is 1. The molecule has 0 aromatic heterocycles. The fraction of sp³-hybridized carbons (Fsp3) is 0.462. The van der Waals surface area contributed by atoms with Crippen LogP contribution < -0.4 is 5.32 Å². The lowest BCUT2D eigenvalue weighted by Gasteiger charge is -2.21. The zero-order chi connectivity index (χ0) is 11.8. The smallest absolute Gasteiger partial charge is 0.170 e. The lowest BCUT2D eigenvalue weighted by Crippen LogP contribution is -2.30. The number of carbonyl (C=O) groups excluding carboxylic acids is 1. The number of rotatable bonds is 2. The number of hydrogen-bond acceptors (Lipinski definition) is 2. The van der Waals surface area contributed by atoms with Gasteiger partial charge in [0.2, 0.25) is 0 Å². The lowest BCUT2D eigenvalue weighted by atomic mass is 9.81. The van der Waals surface area contributed by atoms with Crippen LogP contribution in [0.5, 0.6) is 0 Å². The van der Waals surface area contributed by atoms with Crippen molar-refractivity contribution in [3.8, 4) is 0 Å². The Morgan fingerprint density at radius 1 is 1.44 bits per heavy atom. The molecule has 3 heteroatoms. The van der Waals surface area contributed by atoms with E-state index in [2.05, 4.69) is 5.32 Å². The third-order valence-corrected chi connectivity index (χ3v) is 3.22. The molecule has 2 rings (SSSR count). The third-order valence-electron chi connectivity index (χ3n) is 3.22. The molecule has 16 heavy (non-hydrogen) atoms. The van der Waals surface area contributed by atoms with Crippen LogP contribution in [0.3, 0.4) is 0 Å². The van der Waals surface area contributed by atoms with Gasteiger partial charge in [-0.15, -0.1) is 0 Å². The molecule has 2 nitrogen and oxygen atoms in total. The minimum absolute atomic E-state index is 0.0418. The summed E-state index contributed by atoms with van der Waals surface area (Å²) in [6, 6.07) is 4.53. The minimum atomic E-state index is -0.375. The molecule has 0 aliphatic carbocycles. The number of Topliss-reactive ketones (excluding diaryl/α,β-unsaturated/α-hetero) is 1. The van der Waals surface area contributed by atoms with Crippen molar-refractivity contribution in [2.45, 2.75) is 20.3 Å². The zero-order valence-corrected chi connectivity index (χ0v) is 9.64. The van der Waals surface area contributed by atoms with Gasteiger partial charge in [0.15, 0.2) is 5.78 Å². The molecule has 86 valence electrons. The Balaban J connectivity index is 2.33. The average Bonchev–Trinajstić information content (AvgIpc) is 2.64. The van der Waals surface area contributed by atoms with E-state index in [1.807, 2.05) is 6.92 Å². The van der Waals surface area contributed by atoms with Crippen LogP contribution in [-0.2, 0) is 0 Å². The molecule has 0 amide bonds. The van der Waals surface area contributed by atoms with Gasteiger partial charge in [-0.2, -0.15) is 0 Å². The molecule has 1 unspecified atom stereocenters. The minimum Gasteiger partial charge on any atom is -0.316 e. The number of halogens is 1. The van der Waals surface area contributed by atoms with Crippen molar-refractivity contribution in [1.82, 2.24) is 5.32 Å². The third kappa shape index (κ3) is 2.00. The van der Waals surface area contributed by atoms with E-state index in [1.54, 1.807) is 13.0 Å². The fourth-order valence-electron chi connectivity index (χ4n) is 2.23. The van der Waals surface area contributed by atoms with Gasteiger partial charge in [-0.05, 0) is 43.7 Å². The second-order valence-electron chi connectivity index (χ2n) is 4.83. The summed E-state index contributed by atoms with van der Waals surface area (Å²) in [7, 11) is 0. The molecule has 0 saturated carbocycles. The molecule has 1 aromatic rings. The number of hydrogen-bond donors (Lipinski definition) is 1. The van der Waals surface area contributed by atoms with Crippen molar-refractivity contribution < 1.29 is 9.18 Å². The summed E-state index contributed by atoms with van der Waals surface area (Å²) < 4.78 is 13.2. The quantitative estimate of drug-likeness (QED) is 0.776. The molecule has 1 N–H and O–H groups in total. The van der Waals surface area contributed by atoms with Crippen LogP contribution in [0, 0.1) is 18.2 Å². The highest BCUT2D eigenvalue weighted by Gasteiger charge is 2.36. The Labute approximate surface area is 94.9 Å². The summed E-state index contributed by atoms with van der Waals surface area (Å²) in [5.74, 6) is -0.294. The topological polar surface area (TPSA) is 29.1 Å². The van der Waals surface area contributed by atoms with Crippen LogP contribution in [-0.4, -0.2) is 18.9 Å². The highest BCUT2D eigenvalue weighted by molar-refractivity contribution is 6.00. The van der Waals surface area contributed by atoms with Gasteiger partial charge in [-0.25, -0.2) is 4.39 Å². The molecular formula is C13H16FNO. The van der Waals surface area contributed by atoms with Crippen LogP contribution in [0.1, 0.15) is 29.3 Å². The van der Waals surface area contributed by atoms with E-state index in [0.717, 1.165) is 18.5 Å². The first-order valence-corrected chi connectivity index (χ1v) is 5.54. The first-order valence-electron chi connectivity index (χ1n) is 5.54. The molecule has 1 saturated heterocycles. The average molecular weight is 221 g/mol. The Kier molecular flexibility index (Phi) is 2.80. The number of benzene rings is 1. The standard InChI is InChI=1S/C13H16FNO/c1-9-5-10(7-11(14)6-9)12(16)13(2)3-4-15-8-13/h5-7,15H,3-4,8H2,1-2H3. The van der Waals surface area contributed by atoms with Crippen molar-refractivity contribution in [3.63, 3.8) is 0 Å². The molecule has 1 fully saturated rings. The van der Waals surface area contributed by atoms with Gasteiger partial charge >= 0.3 is 0 Å². The number of nitrogens with one attached hydrogen (secondary N) is 1. The van der Waals surface area contributed by atoms with Crippen molar-refractivity contribution in [1.29, 1.82) is 0 Å². The SMILES string of the molecule is Cc1cc(F)cc(C(=O)C2(C)CCNC2)c1. The summed E-state index contributed by atoms with van der Waals surface area (Å²) in [5, 5.41) is 3.18. The van der Waals surface area contributed by atoms with Gasteiger partial charge in [0.1, 0.15) is 5.82 Å². The monoisotopic (exact) mass is 221 g/mol. The van der Waals surface area contributed by atoms with E-state index in [4.69, 9.17) is 0 Å². The summed E-state index contributed by atoms with van der Waals surface area (Å²) >= 11 is 0. The Morgan fingerprint density at radius 2 is 2.19 bits per heavy atom. The molecule has 1 atom stereocenters. The van der Waals surface area contributed by atoms with Crippen molar-refractivity contribution in [2.75, 3.05) is 13.1 Å². The van der Waals surface area contributed by atoms with Crippen LogP contribution in [0.4, 0.5) is 4.39 Å². The molecule has 0 radical (unpaired) electrons.